The number of amides is 1. The zero-order chi connectivity index (χ0) is 25.7. The molecule has 0 saturated carbocycles. The first kappa shape index (κ1) is 25.7. The van der Waals surface area contributed by atoms with Gasteiger partial charge >= 0.3 is 5.97 Å². The van der Waals surface area contributed by atoms with Crippen LogP contribution in [0.4, 0.5) is 10.7 Å². The minimum Gasteiger partial charge on any atom is -0.494 e. The van der Waals surface area contributed by atoms with Gasteiger partial charge in [-0.15, -0.1) is 11.3 Å². The fraction of sp³-hybridized carbons (Fsp3) is 0.308. The van der Waals surface area contributed by atoms with Crippen molar-refractivity contribution in [1.29, 1.82) is 0 Å². The molecule has 1 N–H and O–H groups in total. The van der Waals surface area contributed by atoms with E-state index in [4.69, 9.17) is 9.47 Å². The number of nitrogens with one attached hydrogen (secondary N) is 1. The number of esters is 1. The molecular weight excluding hydrogens is 500 g/mol. The molecule has 2 aromatic carbocycles. The van der Waals surface area contributed by atoms with E-state index in [1.165, 1.54) is 23.5 Å². The number of fused-ring (bicyclic) bond motifs is 1. The van der Waals surface area contributed by atoms with Crippen LogP contribution in [0.2, 0.25) is 0 Å². The highest BCUT2D eigenvalue weighted by Crippen LogP contribution is 2.39. The Morgan fingerprint density at radius 3 is 2.39 bits per heavy atom. The monoisotopic (exact) mass is 528 g/mol. The van der Waals surface area contributed by atoms with Gasteiger partial charge < -0.3 is 14.8 Å². The van der Waals surface area contributed by atoms with Crippen molar-refractivity contribution in [2.75, 3.05) is 29.4 Å². The van der Waals surface area contributed by atoms with E-state index in [2.05, 4.69) is 5.32 Å². The summed E-state index contributed by atoms with van der Waals surface area (Å²) in [7, 11) is -4.05. The first-order chi connectivity index (χ1) is 17.3. The first-order valence-corrected chi connectivity index (χ1v) is 14.0. The van der Waals surface area contributed by atoms with Gasteiger partial charge in [-0.2, -0.15) is 0 Å². The predicted molar refractivity (Wildman–Crippen MR) is 140 cm³/mol. The molecule has 0 bridgehead atoms. The van der Waals surface area contributed by atoms with Gasteiger partial charge in [0.2, 0.25) is 5.91 Å². The minimum absolute atomic E-state index is 0.0639. The second-order valence-corrected chi connectivity index (χ2v) is 11.0. The van der Waals surface area contributed by atoms with E-state index in [0.29, 0.717) is 28.6 Å². The number of sulfonamides is 1. The lowest BCUT2D eigenvalue weighted by Gasteiger charge is -2.24. The van der Waals surface area contributed by atoms with E-state index in [-0.39, 0.29) is 11.5 Å². The number of aryl methyl sites for hydroxylation is 1. The number of hydrogen-bond donors (Lipinski definition) is 1. The maximum absolute atomic E-state index is 13.5. The molecule has 3 aromatic rings. The molecule has 10 heteroatoms. The van der Waals surface area contributed by atoms with E-state index in [9.17, 15) is 18.0 Å². The van der Waals surface area contributed by atoms with E-state index in [1.807, 2.05) is 6.92 Å². The molecule has 1 aliphatic carbocycles. The Kier molecular flexibility index (Phi) is 7.95. The second kappa shape index (κ2) is 11.1. The summed E-state index contributed by atoms with van der Waals surface area (Å²) < 4.78 is 38.8. The molecule has 1 aromatic heterocycles. The Labute approximate surface area is 214 Å². The highest BCUT2D eigenvalue weighted by Gasteiger charge is 2.31. The summed E-state index contributed by atoms with van der Waals surface area (Å²) in [6.07, 6.45) is 2.53. The van der Waals surface area contributed by atoms with Crippen molar-refractivity contribution in [3.63, 3.8) is 0 Å². The molecule has 0 unspecified atom stereocenters. The molecular formula is C26H28N2O6S2. The molecule has 1 heterocycles. The summed E-state index contributed by atoms with van der Waals surface area (Å²) in [5.74, 6) is -0.448. The highest BCUT2D eigenvalue weighted by molar-refractivity contribution is 7.92. The lowest BCUT2D eigenvalue weighted by Crippen LogP contribution is -2.38. The third kappa shape index (κ3) is 5.39. The van der Waals surface area contributed by atoms with E-state index in [0.717, 1.165) is 34.0 Å². The Hall–Kier alpha value is -3.37. The second-order valence-electron chi connectivity index (χ2n) is 8.08. The number of thiophene rings is 1. The standard InChI is InChI=1S/C26H28N2O6S2/c1-3-33-19-15-13-18(14-16-19)28(36(31,32)20-9-6-5-7-10-20)17-23(29)27-25-24(26(30)34-4-2)21-11-8-12-22(21)35-25/h5-7,9-10,13-16H,3-4,8,11-12,17H2,1-2H3,(H,27,29). The largest absolute Gasteiger partial charge is 0.494 e. The van der Waals surface area contributed by atoms with Crippen molar-refractivity contribution in [3.05, 3.63) is 70.6 Å². The van der Waals surface area contributed by atoms with Crippen molar-refractivity contribution in [1.82, 2.24) is 0 Å². The van der Waals surface area contributed by atoms with Gasteiger partial charge in [-0.1, -0.05) is 18.2 Å². The first-order valence-electron chi connectivity index (χ1n) is 11.8. The molecule has 0 aliphatic heterocycles. The van der Waals surface area contributed by atoms with Crippen LogP contribution in [0, 0.1) is 0 Å². The number of ether oxygens (including phenoxy) is 2. The molecule has 0 atom stereocenters. The van der Waals surface area contributed by atoms with Gasteiger partial charge in [0.1, 0.15) is 17.3 Å². The third-order valence-electron chi connectivity index (χ3n) is 5.71. The number of carbonyl (C=O) groups excluding carboxylic acids is 2. The van der Waals surface area contributed by atoms with Gasteiger partial charge in [0.25, 0.3) is 10.0 Å². The quantitative estimate of drug-likeness (QED) is 0.385. The number of anilines is 2. The van der Waals surface area contributed by atoms with Crippen LogP contribution in [0.1, 0.15) is 41.1 Å². The number of rotatable bonds is 10. The van der Waals surface area contributed by atoms with Crippen LogP contribution in [-0.2, 0) is 32.4 Å². The fourth-order valence-corrected chi connectivity index (χ4v) is 6.85. The van der Waals surface area contributed by atoms with Gasteiger partial charge in [-0.05, 0) is 75.1 Å². The van der Waals surface area contributed by atoms with Crippen LogP contribution in [0.25, 0.3) is 0 Å². The SMILES string of the molecule is CCOC(=O)c1c(NC(=O)CN(c2ccc(OCC)cc2)S(=O)(=O)c2ccccc2)sc2c1CCC2. The molecule has 0 saturated heterocycles. The molecule has 1 aliphatic rings. The van der Waals surface area contributed by atoms with Crippen molar-refractivity contribution in [3.8, 4) is 5.75 Å². The topological polar surface area (TPSA) is 102 Å². The summed E-state index contributed by atoms with van der Waals surface area (Å²) in [5, 5.41) is 3.18. The molecule has 0 spiro atoms. The smallest absolute Gasteiger partial charge is 0.341 e. The summed E-state index contributed by atoms with van der Waals surface area (Å²) in [6, 6.07) is 14.5. The maximum Gasteiger partial charge on any atom is 0.341 e. The van der Waals surface area contributed by atoms with Crippen molar-refractivity contribution >= 4 is 43.9 Å². The van der Waals surface area contributed by atoms with Crippen LogP contribution in [0.3, 0.4) is 0 Å². The maximum atomic E-state index is 13.5. The summed E-state index contributed by atoms with van der Waals surface area (Å²) in [5.41, 5.74) is 1.60. The summed E-state index contributed by atoms with van der Waals surface area (Å²) >= 11 is 1.35. The molecule has 0 fully saturated rings. The number of carbonyl (C=O) groups is 2. The lowest BCUT2D eigenvalue weighted by atomic mass is 10.1. The van der Waals surface area contributed by atoms with Crippen molar-refractivity contribution in [2.45, 2.75) is 38.0 Å². The Morgan fingerprint density at radius 2 is 1.72 bits per heavy atom. The van der Waals surface area contributed by atoms with E-state index >= 15 is 0 Å². The van der Waals surface area contributed by atoms with E-state index in [1.54, 1.807) is 49.4 Å². The van der Waals surface area contributed by atoms with E-state index < -0.39 is 28.4 Å². The van der Waals surface area contributed by atoms with Crippen LogP contribution >= 0.6 is 11.3 Å². The number of nitrogens with zero attached hydrogens (tertiary/aromatic N) is 1. The number of hydrogen-bond acceptors (Lipinski definition) is 7. The van der Waals surface area contributed by atoms with Crippen molar-refractivity contribution < 1.29 is 27.5 Å². The van der Waals surface area contributed by atoms with Crippen LogP contribution in [-0.4, -0.2) is 40.1 Å². The van der Waals surface area contributed by atoms with Gasteiger partial charge in [0, 0.05) is 4.88 Å². The average molecular weight is 529 g/mol. The molecule has 4 rings (SSSR count). The molecule has 36 heavy (non-hydrogen) atoms. The predicted octanol–water partition coefficient (Wildman–Crippen LogP) is 4.65. The average Bonchev–Trinajstić information content (AvgIpc) is 3.45. The van der Waals surface area contributed by atoms with Gasteiger partial charge in [-0.3, -0.25) is 9.10 Å². The Bertz CT molecular complexity index is 1330. The van der Waals surface area contributed by atoms with Crippen molar-refractivity contribution in [2.24, 2.45) is 0 Å². The van der Waals surface area contributed by atoms with Gasteiger partial charge in [0.05, 0.1) is 29.4 Å². The Balaban J connectivity index is 1.64. The molecule has 0 radical (unpaired) electrons. The molecule has 190 valence electrons. The fourth-order valence-electron chi connectivity index (χ4n) is 4.12. The van der Waals surface area contributed by atoms with Crippen LogP contribution in [0.15, 0.2) is 59.5 Å². The summed E-state index contributed by atoms with van der Waals surface area (Å²) in [6.45, 7) is 3.80. The summed E-state index contributed by atoms with van der Waals surface area (Å²) in [4.78, 5) is 27.0. The minimum atomic E-state index is -4.05. The normalized spacial score (nSPS) is 12.6. The van der Waals surface area contributed by atoms with Gasteiger partial charge in [-0.25, -0.2) is 13.2 Å². The number of benzene rings is 2. The zero-order valence-corrected chi connectivity index (χ0v) is 21.8. The molecule has 8 nitrogen and oxygen atoms in total. The third-order valence-corrected chi connectivity index (χ3v) is 8.70. The lowest BCUT2D eigenvalue weighted by molar-refractivity contribution is -0.114. The van der Waals surface area contributed by atoms with Gasteiger partial charge in [0.15, 0.2) is 0 Å². The Morgan fingerprint density at radius 1 is 1.00 bits per heavy atom. The zero-order valence-electron chi connectivity index (χ0n) is 20.2. The highest BCUT2D eigenvalue weighted by atomic mass is 32.2. The van der Waals surface area contributed by atoms with Crippen LogP contribution in [0.5, 0.6) is 5.75 Å². The molecule has 1 amide bonds. The van der Waals surface area contributed by atoms with Crippen LogP contribution < -0.4 is 14.4 Å².